The molecule has 0 saturated carbocycles. The van der Waals surface area contributed by atoms with Gasteiger partial charge in [-0.1, -0.05) is 13.8 Å². The van der Waals surface area contributed by atoms with Crippen molar-refractivity contribution >= 4 is 11.9 Å². The second kappa shape index (κ2) is 6.61. The molecular formula is C13H25N3O2. The van der Waals surface area contributed by atoms with Gasteiger partial charge in [0.1, 0.15) is 0 Å². The quantitative estimate of drug-likeness (QED) is 0.466. The number of carbonyl (C=O) groups excluding carboxylic acids is 1. The van der Waals surface area contributed by atoms with Crippen LogP contribution >= 0.6 is 0 Å². The first kappa shape index (κ1) is 14.8. The summed E-state index contributed by atoms with van der Waals surface area (Å²) in [7, 11) is 1.40. The number of hydrogen-bond donors (Lipinski definition) is 1. The van der Waals surface area contributed by atoms with Gasteiger partial charge in [-0.15, -0.1) is 0 Å². The molecule has 0 bridgehead atoms. The van der Waals surface area contributed by atoms with Crippen molar-refractivity contribution in [3.8, 4) is 0 Å². The molecule has 1 heterocycles. The van der Waals surface area contributed by atoms with Crippen LogP contribution in [0.3, 0.4) is 0 Å². The van der Waals surface area contributed by atoms with Crippen LogP contribution in [0.15, 0.2) is 4.99 Å². The van der Waals surface area contributed by atoms with Crippen LogP contribution in [0.1, 0.15) is 33.6 Å². The topological polar surface area (TPSA) is 53.9 Å². The third-order valence-corrected chi connectivity index (χ3v) is 3.12. The molecule has 104 valence electrons. The number of ether oxygens (including phenoxy) is 1. The second-order valence-corrected chi connectivity index (χ2v) is 5.40. The van der Waals surface area contributed by atoms with Crippen LogP contribution in [0, 0.1) is 5.41 Å². The lowest BCUT2D eigenvalue weighted by molar-refractivity contribution is -0.140. The van der Waals surface area contributed by atoms with Crippen LogP contribution in [0.2, 0.25) is 0 Å². The monoisotopic (exact) mass is 255 g/mol. The van der Waals surface area contributed by atoms with Crippen molar-refractivity contribution in [3.63, 3.8) is 0 Å². The number of likely N-dealkylation sites (tertiary alicyclic amines) is 1. The highest BCUT2D eigenvalue weighted by Gasteiger charge is 2.30. The van der Waals surface area contributed by atoms with Crippen molar-refractivity contribution in [1.29, 1.82) is 0 Å². The second-order valence-electron chi connectivity index (χ2n) is 5.40. The maximum atomic E-state index is 11.1. The Hall–Kier alpha value is -1.26. The molecule has 5 heteroatoms. The SMILES string of the molecule is CCNC(=NCCC(=O)OC)N1CCC(C)(C)C1. The Labute approximate surface area is 110 Å². The molecule has 0 aliphatic carbocycles. The van der Waals surface area contributed by atoms with E-state index in [1.54, 1.807) is 0 Å². The normalized spacial score (nSPS) is 18.9. The first-order valence-electron chi connectivity index (χ1n) is 6.58. The van der Waals surface area contributed by atoms with Gasteiger partial charge < -0.3 is 15.0 Å². The van der Waals surface area contributed by atoms with Gasteiger partial charge in [0.05, 0.1) is 20.1 Å². The number of guanidine groups is 1. The summed E-state index contributed by atoms with van der Waals surface area (Å²) < 4.78 is 4.61. The Bertz CT molecular complexity index is 313. The molecule has 0 unspecified atom stereocenters. The molecule has 0 spiro atoms. The van der Waals surface area contributed by atoms with E-state index in [0.717, 1.165) is 25.6 Å². The van der Waals surface area contributed by atoms with Crippen LogP contribution in [-0.4, -0.2) is 50.1 Å². The predicted octanol–water partition coefficient (Wildman–Crippen LogP) is 1.25. The van der Waals surface area contributed by atoms with Crippen LogP contribution in [0.25, 0.3) is 0 Å². The molecular weight excluding hydrogens is 230 g/mol. The minimum absolute atomic E-state index is 0.212. The third kappa shape index (κ3) is 4.55. The molecule has 0 aromatic carbocycles. The zero-order chi connectivity index (χ0) is 13.6. The van der Waals surface area contributed by atoms with E-state index in [-0.39, 0.29) is 5.97 Å². The van der Waals surface area contributed by atoms with Gasteiger partial charge in [-0.25, -0.2) is 0 Å². The Morgan fingerprint density at radius 2 is 2.22 bits per heavy atom. The first-order chi connectivity index (χ1) is 8.48. The summed E-state index contributed by atoms with van der Waals surface area (Å²) >= 11 is 0. The van der Waals surface area contributed by atoms with Crippen molar-refractivity contribution < 1.29 is 9.53 Å². The lowest BCUT2D eigenvalue weighted by Gasteiger charge is -2.23. The largest absolute Gasteiger partial charge is 0.469 e. The van der Waals surface area contributed by atoms with E-state index >= 15 is 0 Å². The van der Waals surface area contributed by atoms with Crippen LogP contribution in [0.5, 0.6) is 0 Å². The molecule has 1 fully saturated rings. The van der Waals surface area contributed by atoms with Crippen molar-refractivity contribution in [2.45, 2.75) is 33.6 Å². The summed E-state index contributed by atoms with van der Waals surface area (Å²) in [5, 5.41) is 3.28. The minimum atomic E-state index is -0.212. The fourth-order valence-electron chi connectivity index (χ4n) is 2.07. The highest BCUT2D eigenvalue weighted by molar-refractivity contribution is 5.80. The summed E-state index contributed by atoms with van der Waals surface area (Å²) in [4.78, 5) is 17.8. The molecule has 0 aromatic rings. The fourth-order valence-corrected chi connectivity index (χ4v) is 2.07. The fraction of sp³-hybridized carbons (Fsp3) is 0.846. The standard InChI is InChI=1S/C13H25N3O2/c1-5-14-12(15-8-6-11(17)18-4)16-9-7-13(2,3)10-16/h5-10H2,1-4H3,(H,14,15). The number of aliphatic imine (C=N–C) groups is 1. The van der Waals surface area contributed by atoms with Crippen molar-refractivity contribution in [3.05, 3.63) is 0 Å². The number of methoxy groups -OCH3 is 1. The first-order valence-corrected chi connectivity index (χ1v) is 6.58. The maximum Gasteiger partial charge on any atom is 0.307 e. The Kier molecular flexibility index (Phi) is 5.44. The molecule has 5 nitrogen and oxygen atoms in total. The molecule has 18 heavy (non-hydrogen) atoms. The summed E-state index contributed by atoms with van der Waals surface area (Å²) in [5.41, 5.74) is 0.346. The average molecular weight is 255 g/mol. The van der Waals surface area contributed by atoms with Gasteiger partial charge >= 0.3 is 5.97 Å². The molecule has 1 saturated heterocycles. The van der Waals surface area contributed by atoms with E-state index < -0.39 is 0 Å². The molecule has 0 radical (unpaired) electrons. The van der Waals surface area contributed by atoms with Crippen molar-refractivity contribution in [1.82, 2.24) is 10.2 Å². The van der Waals surface area contributed by atoms with E-state index in [1.165, 1.54) is 13.5 Å². The Morgan fingerprint density at radius 1 is 1.50 bits per heavy atom. The lowest BCUT2D eigenvalue weighted by Crippen LogP contribution is -2.40. The van der Waals surface area contributed by atoms with Crippen LogP contribution < -0.4 is 5.32 Å². The summed E-state index contributed by atoms with van der Waals surface area (Å²) in [6.07, 6.45) is 1.51. The molecule has 0 atom stereocenters. The van der Waals surface area contributed by atoms with Crippen LogP contribution in [-0.2, 0) is 9.53 Å². The van der Waals surface area contributed by atoms with Gasteiger partial charge in [-0.05, 0) is 18.8 Å². The van der Waals surface area contributed by atoms with Gasteiger partial charge in [0, 0.05) is 19.6 Å². The van der Waals surface area contributed by atoms with E-state index in [0.29, 0.717) is 18.4 Å². The minimum Gasteiger partial charge on any atom is -0.469 e. The lowest BCUT2D eigenvalue weighted by atomic mass is 9.93. The number of nitrogens with one attached hydrogen (secondary N) is 1. The number of nitrogens with zero attached hydrogens (tertiary/aromatic N) is 2. The van der Waals surface area contributed by atoms with Crippen LogP contribution in [0.4, 0.5) is 0 Å². The molecule has 0 amide bonds. The van der Waals surface area contributed by atoms with Crippen molar-refractivity contribution in [2.24, 2.45) is 10.4 Å². The summed E-state index contributed by atoms with van der Waals surface area (Å²) in [6, 6.07) is 0. The van der Waals surface area contributed by atoms with Gasteiger partial charge in [0.2, 0.25) is 0 Å². The van der Waals surface area contributed by atoms with Gasteiger partial charge in [-0.2, -0.15) is 0 Å². The highest BCUT2D eigenvalue weighted by Crippen LogP contribution is 2.28. The molecule has 1 aliphatic heterocycles. The van der Waals surface area contributed by atoms with E-state index in [4.69, 9.17) is 0 Å². The van der Waals surface area contributed by atoms with Gasteiger partial charge in [0.15, 0.2) is 5.96 Å². The van der Waals surface area contributed by atoms with Crippen molar-refractivity contribution in [2.75, 3.05) is 33.3 Å². The number of hydrogen-bond acceptors (Lipinski definition) is 3. The molecule has 1 N–H and O–H groups in total. The summed E-state index contributed by atoms with van der Waals surface area (Å²) in [6.45, 7) is 9.95. The average Bonchev–Trinajstić information content (AvgIpc) is 2.68. The molecule has 0 aromatic heterocycles. The Balaban J connectivity index is 2.54. The predicted molar refractivity (Wildman–Crippen MR) is 72.6 cm³/mol. The molecule has 1 rings (SSSR count). The molecule has 1 aliphatic rings. The Morgan fingerprint density at radius 3 is 2.72 bits per heavy atom. The third-order valence-electron chi connectivity index (χ3n) is 3.12. The number of rotatable bonds is 4. The van der Waals surface area contributed by atoms with E-state index in [1.807, 2.05) is 0 Å². The number of carbonyl (C=O) groups is 1. The van der Waals surface area contributed by atoms with Gasteiger partial charge in [0.25, 0.3) is 0 Å². The van der Waals surface area contributed by atoms with E-state index in [2.05, 4.69) is 40.7 Å². The number of esters is 1. The zero-order valence-electron chi connectivity index (χ0n) is 12.0. The smallest absolute Gasteiger partial charge is 0.307 e. The van der Waals surface area contributed by atoms with Gasteiger partial charge in [-0.3, -0.25) is 9.79 Å². The maximum absolute atomic E-state index is 11.1. The zero-order valence-corrected chi connectivity index (χ0v) is 12.0. The van der Waals surface area contributed by atoms with E-state index in [9.17, 15) is 4.79 Å². The summed E-state index contributed by atoms with van der Waals surface area (Å²) in [5.74, 6) is 0.698. The highest BCUT2D eigenvalue weighted by atomic mass is 16.5.